The topological polar surface area (TPSA) is 52.6 Å². The van der Waals surface area contributed by atoms with Crippen LogP contribution in [0, 0.1) is 11.8 Å². The van der Waals surface area contributed by atoms with Gasteiger partial charge in [0.1, 0.15) is 0 Å². The van der Waals surface area contributed by atoms with Gasteiger partial charge < -0.3 is 9.47 Å². The molecule has 0 radical (unpaired) electrons. The van der Waals surface area contributed by atoms with Gasteiger partial charge in [-0.25, -0.2) is 0 Å². The molecule has 0 heterocycles. The van der Waals surface area contributed by atoms with Gasteiger partial charge in [-0.3, -0.25) is 9.59 Å². The predicted molar refractivity (Wildman–Crippen MR) is 60.7 cm³/mol. The van der Waals surface area contributed by atoms with Gasteiger partial charge in [-0.1, -0.05) is 19.1 Å². The summed E-state index contributed by atoms with van der Waals surface area (Å²) in [5.74, 6) is -2.13. The summed E-state index contributed by atoms with van der Waals surface area (Å²) in [6.07, 6.45) is 3.59. The number of hydrogen-bond donors (Lipinski definition) is 0. The quantitative estimate of drug-likeness (QED) is 0.396. The molecular weight excluding hydrogens is 208 g/mol. The number of allylic oxidation sites excluding steroid dienone is 2. The minimum Gasteiger partial charge on any atom is -0.465 e. The molecule has 0 bridgehead atoms. The molecule has 1 atom stereocenters. The maximum Gasteiger partial charge on any atom is 0.320 e. The summed E-state index contributed by atoms with van der Waals surface area (Å²) in [6, 6.07) is 0. The smallest absolute Gasteiger partial charge is 0.320 e. The lowest BCUT2D eigenvalue weighted by Crippen LogP contribution is -2.32. The van der Waals surface area contributed by atoms with E-state index in [2.05, 4.69) is 0 Å². The van der Waals surface area contributed by atoms with Crippen molar-refractivity contribution >= 4 is 11.9 Å². The highest BCUT2D eigenvalue weighted by Gasteiger charge is 2.33. The zero-order valence-electron chi connectivity index (χ0n) is 10.4. The average molecular weight is 228 g/mol. The summed E-state index contributed by atoms with van der Waals surface area (Å²) in [7, 11) is 0. The summed E-state index contributed by atoms with van der Waals surface area (Å²) in [5, 5.41) is 0. The van der Waals surface area contributed by atoms with Crippen molar-refractivity contribution in [2.24, 2.45) is 11.8 Å². The molecule has 0 aliphatic heterocycles. The minimum atomic E-state index is -0.865. The zero-order valence-corrected chi connectivity index (χ0v) is 10.4. The predicted octanol–water partition coefficient (Wildman–Crippen LogP) is 1.94. The molecule has 4 nitrogen and oxygen atoms in total. The van der Waals surface area contributed by atoms with Gasteiger partial charge in [-0.2, -0.15) is 0 Å². The van der Waals surface area contributed by atoms with Crippen LogP contribution < -0.4 is 0 Å². The number of rotatable bonds is 6. The Hall–Kier alpha value is -1.32. The Morgan fingerprint density at radius 3 is 1.88 bits per heavy atom. The number of carbonyl (C=O) groups excluding carboxylic acids is 2. The van der Waals surface area contributed by atoms with Crippen LogP contribution in [0.4, 0.5) is 0 Å². The normalized spacial score (nSPS) is 12.8. The lowest BCUT2D eigenvalue weighted by molar-refractivity contribution is -0.163. The third-order valence-electron chi connectivity index (χ3n) is 2.10. The summed E-state index contributed by atoms with van der Waals surface area (Å²) < 4.78 is 9.73. The van der Waals surface area contributed by atoms with Crippen LogP contribution in [0.2, 0.25) is 0 Å². The van der Waals surface area contributed by atoms with Crippen LogP contribution >= 0.6 is 0 Å². The molecule has 0 saturated carbocycles. The van der Waals surface area contributed by atoms with Crippen molar-refractivity contribution < 1.29 is 19.1 Å². The molecule has 0 aromatic carbocycles. The fourth-order valence-electron chi connectivity index (χ4n) is 1.40. The van der Waals surface area contributed by atoms with Gasteiger partial charge in [0.25, 0.3) is 0 Å². The van der Waals surface area contributed by atoms with Gasteiger partial charge in [-0.15, -0.1) is 0 Å². The highest BCUT2D eigenvalue weighted by atomic mass is 16.6. The van der Waals surface area contributed by atoms with E-state index < -0.39 is 17.9 Å². The summed E-state index contributed by atoms with van der Waals surface area (Å²) in [4.78, 5) is 23.2. The Labute approximate surface area is 96.6 Å². The van der Waals surface area contributed by atoms with Crippen molar-refractivity contribution in [2.75, 3.05) is 13.2 Å². The highest BCUT2D eigenvalue weighted by molar-refractivity contribution is 5.95. The number of ether oxygens (including phenoxy) is 2. The van der Waals surface area contributed by atoms with Crippen molar-refractivity contribution in [1.29, 1.82) is 0 Å². The van der Waals surface area contributed by atoms with E-state index in [0.717, 1.165) is 0 Å². The van der Waals surface area contributed by atoms with Crippen molar-refractivity contribution in [1.82, 2.24) is 0 Å². The molecule has 16 heavy (non-hydrogen) atoms. The Kier molecular flexibility index (Phi) is 7.25. The molecule has 4 heteroatoms. The number of esters is 2. The molecule has 0 fully saturated rings. The zero-order chi connectivity index (χ0) is 12.6. The molecular formula is C12H20O4. The van der Waals surface area contributed by atoms with Gasteiger partial charge >= 0.3 is 11.9 Å². The summed E-state index contributed by atoms with van der Waals surface area (Å²) in [6.45, 7) is 7.57. The van der Waals surface area contributed by atoms with Gasteiger partial charge in [0, 0.05) is 0 Å². The fraction of sp³-hybridized carbons (Fsp3) is 0.667. The van der Waals surface area contributed by atoms with Crippen LogP contribution in [-0.4, -0.2) is 25.2 Å². The van der Waals surface area contributed by atoms with E-state index in [9.17, 15) is 9.59 Å². The molecule has 0 amide bonds. The van der Waals surface area contributed by atoms with E-state index in [0.29, 0.717) is 0 Å². The van der Waals surface area contributed by atoms with Crippen LogP contribution in [-0.2, 0) is 19.1 Å². The van der Waals surface area contributed by atoms with E-state index in [4.69, 9.17) is 9.47 Å². The molecule has 0 rings (SSSR count). The van der Waals surface area contributed by atoms with Crippen LogP contribution in [0.15, 0.2) is 12.2 Å². The molecule has 0 aliphatic rings. The molecule has 0 saturated heterocycles. The molecule has 92 valence electrons. The van der Waals surface area contributed by atoms with Crippen molar-refractivity contribution in [3.63, 3.8) is 0 Å². The SMILES string of the molecule is CC=CC(C)C(C(=O)OCC)C(=O)OCC. The third kappa shape index (κ3) is 4.47. The van der Waals surface area contributed by atoms with Gasteiger partial charge in [0.15, 0.2) is 5.92 Å². The molecule has 0 aliphatic carbocycles. The fourth-order valence-corrected chi connectivity index (χ4v) is 1.40. The van der Waals surface area contributed by atoms with E-state index >= 15 is 0 Å². The van der Waals surface area contributed by atoms with Crippen LogP contribution in [0.5, 0.6) is 0 Å². The molecule has 1 unspecified atom stereocenters. The van der Waals surface area contributed by atoms with Gasteiger partial charge in [0.05, 0.1) is 13.2 Å². The van der Waals surface area contributed by atoms with Gasteiger partial charge in [-0.05, 0) is 26.7 Å². The Balaban J connectivity index is 4.74. The first-order valence-corrected chi connectivity index (χ1v) is 5.54. The number of carbonyl (C=O) groups is 2. The first-order chi connectivity index (χ1) is 7.58. The second kappa shape index (κ2) is 7.91. The Bertz CT molecular complexity index is 240. The van der Waals surface area contributed by atoms with Crippen molar-refractivity contribution in [3.8, 4) is 0 Å². The monoisotopic (exact) mass is 228 g/mol. The van der Waals surface area contributed by atoms with Crippen molar-refractivity contribution in [2.45, 2.75) is 27.7 Å². The first kappa shape index (κ1) is 14.7. The van der Waals surface area contributed by atoms with E-state index in [1.807, 2.05) is 6.92 Å². The summed E-state index contributed by atoms with van der Waals surface area (Å²) in [5.41, 5.74) is 0. The summed E-state index contributed by atoms with van der Waals surface area (Å²) >= 11 is 0. The van der Waals surface area contributed by atoms with Crippen LogP contribution in [0.25, 0.3) is 0 Å². The third-order valence-corrected chi connectivity index (χ3v) is 2.10. The minimum absolute atomic E-state index is 0.219. The Morgan fingerprint density at radius 1 is 1.12 bits per heavy atom. The number of hydrogen-bond acceptors (Lipinski definition) is 4. The lowest BCUT2D eigenvalue weighted by Gasteiger charge is -2.17. The largest absolute Gasteiger partial charge is 0.465 e. The standard InChI is InChI=1S/C12H20O4/c1-5-8-9(4)10(11(13)15-6-2)12(14)16-7-3/h5,8-10H,6-7H2,1-4H3. The molecule has 0 spiro atoms. The molecule has 0 N–H and O–H groups in total. The maximum absolute atomic E-state index is 11.6. The van der Waals surface area contributed by atoms with Gasteiger partial charge in [0.2, 0.25) is 0 Å². The second-order valence-electron chi connectivity index (χ2n) is 3.37. The first-order valence-electron chi connectivity index (χ1n) is 5.54. The Morgan fingerprint density at radius 2 is 1.56 bits per heavy atom. The second-order valence-corrected chi connectivity index (χ2v) is 3.37. The molecule has 0 aromatic heterocycles. The lowest BCUT2D eigenvalue weighted by atomic mass is 9.94. The van der Waals surface area contributed by atoms with Crippen LogP contribution in [0.1, 0.15) is 27.7 Å². The molecule has 0 aromatic rings. The van der Waals surface area contributed by atoms with E-state index in [-0.39, 0.29) is 19.1 Å². The van der Waals surface area contributed by atoms with Crippen LogP contribution in [0.3, 0.4) is 0 Å². The highest BCUT2D eigenvalue weighted by Crippen LogP contribution is 2.17. The maximum atomic E-state index is 11.6. The van der Waals surface area contributed by atoms with Crippen molar-refractivity contribution in [3.05, 3.63) is 12.2 Å². The average Bonchev–Trinajstić information content (AvgIpc) is 2.19. The van der Waals surface area contributed by atoms with E-state index in [1.165, 1.54) is 0 Å². The van der Waals surface area contributed by atoms with E-state index in [1.54, 1.807) is 32.9 Å².